The number of rotatable bonds is 8. The van der Waals surface area contributed by atoms with Gasteiger partial charge in [-0.3, -0.25) is 0 Å². The molecule has 13 heavy (non-hydrogen) atoms. The molecule has 0 N–H and O–H groups in total. The molecule has 0 heterocycles. The van der Waals surface area contributed by atoms with Gasteiger partial charge in [-0.1, -0.05) is 13.3 Å². The van der Waals surface area contributed by atoms with Crippen LogP contribution in [-0.2, 0) is 13.3 Å². The van der Waals surface area contributed by atoms with Gasteiger partial charge in [0.1, 0.15) is 0 Å². The van der Waals surface area contributed by atoms with Crippen LogP contribution in [0.15, 0.2) is 0 Å². The summed E-state index contributed by atoms with van der Waals surface area (Å²) in [5.74, 6) is 0. The van der Waals surface area contributed by atoms with Crippen molar-refractivity contribution >= 4 is 8.80 Å². The molecular formula is C9H23O3Si+. The quantitative estimate of drug-likeness (QED) is 0.573. The second-order valence-electron chi connectivity index (χ2n) is 2.73. The van der Waals surface area contributed by atoms with Crippen LogP contribution in [0.5, 0.6) is 0 Å². The first-order valence-electron chi connectivity index (χ1n) is 5.16. The molecule has 3 nitrogen and oxygen atoms in total. The molecule has 0 fully saturated rings. The van der Waals surface area contributed by atoms with Gasteiger partial charge < -0.3 is 13.3 Å². The average molecular weight is 207 g/mol. The fraction of sp³-hybridized carbons (Fsp3) is 1.00. The van der Waals surface area contributed by atoms with Crippen molar-refractivity contribution in [3.8, 4) is 0 Å². The molecule has 4 heteroatoms. The van der Waals surface area contributed by atoms with Gasteiger partial charge in [0, 0.05) is 25.9 Å². The monoisotopic (exact) mass is 207 g/mol. The van der Waals surface area contributed by atoms with Crippen LogP contribution in [0.3, 0.4) is 0 Å². The smallest absolute Gasteiger partial charge is 0.374 e. The van der Waals surface area contributed by atoms with Crippen molar-refractivity contribution in [1.29, 1.82) is 0 Å². The minimum atomic E-state index is -2.30. The predicted molar refractivity (Wildman–Crippen MR) is 56.8 cm³/mol. The first kappa shape index (κ1) is 13.1. The van der Waals surface area contributed by atoms with Gasteiger partial charge in [0.2, 0.25) is 0 Å². The summed E-state index contributed by atoms with van der Waals surface area (Å²) in [5, 5.41) is 0. The van der Waals surface area contributed by atoms with E-state index < -0.39 is 8.80 Å². The van der Waals surface area contributed by atoms with Crippen molar-refractivity contribution in [3.05, 3.63) is 0 Å². The molecule has 80 valence electrons. The third kappa shape index (κ3) is 4.76. The van der Waals surface area contributed by atoms with Crippen molar-refractivity contribution in [1.82, 2.24) is 0 Å². The van der Waals surface area contributed by atoms with E-state index in [4.69, 9.17) is 13.3 Å². The van der Waals surface area contributed by atoms with Crippen molar-refractivity contribution in [3.63, 3.8) is 0 Å². The van der Waals surface area contributed by atoms with Crippen LogP contribution in [0.25, 0.3) is 0 Å². The fourth-order valence-electron chi connectivity index (χ4n) is 1.31. The zero-order valence-electron chi connectivity index (χ0n) is 10.3. The van der Waals surface area contributed by atoms with Gasteiger partial charge in [0.25, 0.3) is 0 Å². The molecule has 0 atom stereocenters. The Morgan fingerprint density at radius 3 is 1.46 bits per heavy atom. The maximum atomic E-state index is 5.65. The van der Waals surface area contributed by atoms with Crippen molar-refractivity contribution in [2.45, 2.75) is 40.2 Å². The summed E-state index contributed by atoms with van der Waals surface area (Å²) in [5.41, 5.74) is 0. The fourth-order valence-corrected chi connectivity index (χ4v) is 3.92. The highest BCUT2D eigenvalue weighted by Gasteiger charge is 2.38. The summed E-state index contributed by atoms with van der Waals surface area (Å²) >= 11 is 0. The van der Waals surface area contributed by atoms with Crippen molar-refractivity contribution in [2.24, 2.45) is 0 Å². The Hall–Kier alpha value is 0.0969. The standard InChI is InChI=1S/C9H22O3Si/c1-5-9-13(10-6-2,11-7-3)12-8-4/h5-9H2,1-4H3/p+1. The van der Waals surface area contributed by atoms with Gasteiger partial charge in [-0.25, -0.2) is 0 Å². The lowest BCUT2D eigenvalue weighted by Gasteiger charge is -2.27. The third-order valence-electron chi connectivity index (χ3n) is 1.65. The summed E-state index contributed by atoms with van der Waals surface area (Å²) < 4.78 is 16.9. The Kier molecular flexibility index (Phi) is 7.55. The molecule has 0 unspecified atom stereocenters. The SMILES string of the molecule is CCC[Si](OCC)(OCC)OCC.[H+]. The maximum Gasteiger partial charge on any atom is 1.00 e. The molecule has 0 aliphatic carbocycles. The molecular weight excluding hydrogens is 184 g/mol. The summed E-state index contributed by atoms with van der Waals surface area (Å²) in [7, 11) is -2.30. The molecule has 0 saturated carbocycles. The highest BCUT2D eigenvalue weighted by atomic mass is 28.4. The summed E-state index contributed by atoms with van der Waals surface area (Å²) in [6.45, 7) is 10.1. The topological polar surface area (TPSA) is 27.7 Å². The van der Waals surface area contributed by atoms with Gasteiger partial charge in [0.15, 0.2) is 0 Å². The zero-order chi connectivity index (χ0) is 10.2. The second-order valence-corrected chi connectivity index (χ2v) is 5.46. The molecule has 0 saturated heterocycles. The van der Waals surface area contributed by atoms with Crippen LogP contribution in [0.4, 0.5) is 0 Å². The number of hydrogen-bond acceptors (Lipinski definition) is 3. The van der Waals surface area contributed by atoms with E-state index in [0.29, 0.717) is 19.8 Å². The van der Waals surface area contributed by atoms with E-state index in [1.165, 1.54) is 0 Å². The van der Waals surface area contributed by atoms with Gasteiger partial charge in [0.05, 0.1) is 0 Å². The molecule has 0 aliphatic heterocycles. The Morgan fingerprint density at radius 1 is 0.846 bits per heavy atom. The molecule has 0 aromatic rings. The van der Waals surface area contributed by atoms with E-state index in [1.807, 2.05) is 20.8 Å². The summed E-state index contributed by atoms with van der Waals surface area (Å²) in [6.07, 6.45) is 1.05. The molecule has 0 radical (unpaired) electrons. The van der Waals surface area contributed by atoms with E-state index in [0.717, 1.165) is 12.5 Å². The van der Waals surface area contributed by atoms with E-state index >= 15 is 0 Å². The minimum absolute atomic E-state index is 0. The molecule has 0 rings (SSSR count). The minimum Gasteiger partial charge on any atom is -0.374 e. The van der Waals surface area contributed by atoms with E-state index in [9.17, 15) is 0 Å². The van der Waals surface area contributed by atoms with Gasteiger partial charge in [-0.15, -0.1) is 0 Å². The number of hydrogen-bond donors (Lipinski definition) is 0. The average Bonchev–Trinajstić information content (AvgIpc) is 2.06. The highest BCUT2D eigenvalue weighted by molar-refractivity contribution is 6.60. The first-order valence-corrected chi connectivity index (χ1v) is 7.09. The third-order valence-corrected chi connectivity index (χ3v) is 4.95. The molecule has 0 aromatic heterocycles. The summed E-state index contributed by atoms with van der Waals surface area (Å²) in [6, 6.07) is 0.919. The van der Waals surface area contributed by atoms with Crippen molar-refractivity contribution in [2.75, 3.05) is 19.8 Å². The van der Waals surface area contributed by atoms with E-state index in [1.54, 1.807) is 0 Å². The van der Waals surface area contributed by atoms with E-state index in [2.05, 4.69) is 6.92 Å². The zero-order valence-corrected chi connectivity index (χ0v) is 10.3. The Morgan fingerprint density at radius 2 is 1.23 bits per heavy atom. The van der Waals surface area contributed by atoms with Crippen LogP contribution in [0, 0.1) is 0 Å². The normalized spacial score (nSPS) is 12.0. The second kappa shape index (κ2) is 7.50. The molecule has 0 bridgehead atoms. The summed E-state index contributed by atoms with van der Waals surface area (Å²) in [4.78, 5) is 0. The molecule has 0 aliphatic rings. The lowest BCUT2D eigenvalue weighted by molar-refractivity contribution is 0.0712. The molecule has 0 amide bonds. The Labute approximate surface area is 84.2 Å². The molecule has 0 aromatic carbocycles. The maximum absolute atomic E-state index is 5.65. The van der Waals surface area contributed by atoms with Gasteiger partial charge in [-0.05, 0) is 20.8 Å². The van der Waals surface area contributed by atoms with Crippen LogP contribution >= 0.6 is 0 Å². The highest BCUT2D eigenvalue weighted by Crippen LogP contribution is 2.17. The van der Waals surface area contributed by atoms with Crippen LogP contribution in [0.2, 0.25) is 6.04 Å². The van der Waals surface area contributed by atoms with Gasteiger partial charge >= 0.3 is 10.2 Å². The molecule has 0 spiro atoms. The lowest BCUT2D eigenvalue weighted by atomic mass is 10.6. The van der Waals surface area contributed by atoms with Crippen LogP contribution < -0.4 is 0 Å². The van der Waals surface area contributed by atoms with Crippen LogP contribution in [0.1, 0.15) is 35.5 Å². The largest absolute Gasteiger partial charge is 1.00 e. The van der Waals surface area contributed by atoms with Gasteiger partial charge in [-0.2, -0.15) is 0 Å². The Balaban J connectivity index is 0. The first-order chi connectivity index (χ1) is 6.24. The van der Waals surface area contributed by atoms with Crippen molar-refractivity contribution < 1.29 is 14.7 Å². The Bertz CT molecular complexity index is 95.1. The van der Waals surface area contributed by atoms with Crippen LogP contribution in [-0.4, -0.2) is 28.6 Å². The lowest BCUT2D eigenvalue weighted by Crippen LogP contribution is -2.45. The van der Waals surface area contributed by atoms with E-state index in [-0.39, 0.29) is 1.43 Å². The predicted octanol–water partition coefficient (Wildman–Crippen LogP) is 2.56.